The van der Waals surface area contributed by atoms with Crippen molar-refractivity contribution in [3.63, 3.8) is 0 Å². The van der Waals surface area contributed by atoms with Crippen LogP contribution in [-0.2, 0) is 9.59 Å². The van der Waals surface area contributed by atoms with Gasteiger partial charge in [0.05, 0.1) is 5.75 Å². The summed E-state index contributed by atoms with van der Waals surface area (Å²) in [5.41, 5.74) is 2.24. The summed E-state index contributed by atoms with van der Waals surface area (Å²) in [5.74, 6) is 0.360. The molecule has 2 amide bonds. The van der Waals surface area contributed by atoms with Crippen LogP contribution in [0.3, 0.4) is 0 Å². The van der Waals surface area contributed by atoms with Gasteiger partial charge in [-0.25, -0.2) is 0 Å². The third-order valence-corrected chi connectivity index (χ3v) is 4.75. The minimum absolute atomic E-state index is 0.0271. The molecule has 1 N–H and O–H groups in total. The number of thioether (sulfide) groups is 1. The molecule has 5 nitrogen and oxygen atoms in total. The predicted molar refractivity (Wildman–Crippen MR) is 89.7 cm³/mol. The first kappa shape index (κ1) is 16.8. The van der Waals surface area contributed by atoms with Gasteiger partial charge in [-0.3, -0.25) is 9.59 Å². The molecule has 22 heavy (non-hydrogen) atoms. The number of nitrogens with zero attached hydrogens (tertiary/aromatic N) is 2. The maximum absolute atomic E-state index is 12.1. The average molecular weight is 321 g/mol. The number of rotatable bonds is 6. The van der Waals surface area contributed by atoms with Crippen molar-refractivity contribution in [1.29, 1.82) is 0 Å². The van der Waals surface area contributed by atoms with E-state index in [-0.39, 0.29) is 23.7 Å². The second-order valence-corrected chi connectivity index (χ2v) is 6.82. The summed E-state index contributed by atoms with van der Waals surface area (Å²) in [4.78, 5) is 27.8. The van der Waals surface area contributed by atoms with E-state index in [4.69, 9.17) is 0 Å². The largest absolute Gasteiger partial charge is 0.353 e. The molecule has 1 atom stereocenters. The molecular weight excluding hydrogens is 298 g/mol. The molecule has 1 fully saturated rings. The Labute approximate surface area is 136 Å². The van der Waals surface area contributed by atoms with Gasteiger partial charge < -0.3 is 15.1 Å². The Bertz CT molecular complexity index is 548. The third-order valence-electron chi connectivity index (χ3n) is 3.49. The first-order valence-electron chi connectivity index (χ1n) is 7.36. The first-order chi connectivity index (χ1) is 10.5. The van der Waals surface area contributed by atoms with E-state index in [0.717, 1.165) is 17.7 Å². The highest BCUT2D eigenvalue weighted by Gasteiger charge is 2.33. The summed E-state index contributed by atoms with van der Waals surface area (Å²) in [5, 5.41) is 2.80. The van der Waals surface area contributed by atoms with Crippen LogP contribution in [0, 0.1) is 6.92 Å². The fraction of sp³-hybridized carbons (Fsp3) is 0.500. The molecule has 1 aliphatic heterocycles. The van der Waals surface area contributed by atoms with Crippen molar-refractivity contribution in [3.8, 4) is 0 Å². The first-order valence-corrected chi connectivity index (χ1v) is 8.41. The maximum Gasteiger partial charge on any atom is 0.239 e. The van der Waals surface area contributed by atoms with Crippen molar-refractivity contribution < 1.29 is 9.59 Å². The number of aryl methyl sites for hydroxylation is 1. The molecule has 0 aliphatic carbocycles. The fourth-order valence-corrected chi connectivity index (χ4v) is 3.53. The minimum Gasteiger partial charge on any atom is -0.353 e. The monoisotopic (exact) mass is 321 g/mol. The van der Waals surface area contributed by atoms with Gasteiger partial charge in [0.2, 0.25) is 11.8 Å². The van der Waals surface area contributed by atoms with Gasteiger partial charge in [0.15, 0.2) is 0 Å². The van der Waals surface area contributed by atoms with E-state index in [0.29, 0.717) is 12.3 Å². The van der Waals surface area contributed by atoms with Gasteiger partial charge in [0, 0.05) is 13.1 Å². The molecule has 120 valence electrons. The van der Waals surface area contributed by atoms with Crippen LogP contribution in [0.1, 0.15) is 16.5 Å². The highest BCUT2D eigenvalue weighted by molar-refractivity contribution is 8.00. The molecule has 0 aromatic heterocycles. The van der Waals surface area contributed by atoms with Crippen LogP contribution in [0.25, 0.3) is 0 Å². The van der Waals surface area contributed by atoms with Crippen LogP contribution < -0.4 is 5.32 Å². The molecule has 0 bridgehead atoms. The molecule has 0 spiro atoms. The number of nitrogens with one attached hydrogen (secondary N) is 1. The molecule has 1 aromatic rings. The van der Waals surface area contributed by atoms with E-state index in [1.165, 1.54) is 0 Å². The Balaban J connectivity index is 1.98. The van der Waals surface area contributed by atoms with Gasteiger partial charge in [0.1, 0.15) is 11.9 Å². The summed E-state index contributed by atoms with van der Waals surface area (Å²) in [6, 6.07) is 8.11. The normalized spacial score (nSPS) is 18.1. The van der Waals surface area contributed by atoms with Gasteiger partial charge >= 0.3 is 0 Å². The zero-order valence-corrected chi connectivity index (χ0v) is 14.2. The Morgan fingerprint density at radius 1 is 1.45 bits per heavy atom. The second kappa shape index (κ2) is 7.65. The number of benzene rings is 1. The van der Waals surface area contributed by atoms with Crippen LogP contribution in [0.15, 0.2) is 24.3 Å². The predicted octanol–water partition coefficient (Wildman–Crippen LogP) is 1.25. The standard InChI is InChI=1S/C16H23N3O2S/c1-12-5-4-6-13(9-12)16-19(15(21)11-22-16)10-14(20)17-7-8-18(2)3/h4-6,9,16H,7-8,10-11H2,1-3H3,(H,17,20)/t16-/m1/s1. The SMILES string of the molecule is Cc1cccc([C@H]2SCC(=O)N2CC(=O)NCCN(C)C)c1. The molecule has 0 radical (unpaired) electrons. The smallest absolute Gasteiger partial charge is 0.239 e. The van der Waals surface area contributed by atoms with Crippen LogP contribution in [0.4, 0.5) is 0 Å². The van der Waals surface area contributed by atoms with E-state index in [2.05, 4.69) is 11.4 Å². The second-order valence-electron chi connectivity index (χ2n) is 5.75. The quantitative estimate of drug-likeness (QED) is 0.857. The Kier molecular flexibility index (Phi) is 5.85. The van der Waals surface area contributed by atoms with Crippen LogP contribution in [-0.4, -0.2) is 61.1 Å². The summed E-state index contributed by atoms with van der Waals surface area (Å²) >= 11 is 1.58. The van der Waals surface area contributed by atoms with Gasteiger partial charge in [-0.1, -0.05) is 29.8 Å². The number of likely N-dealkylation sites (N-methyl/N-ethyl adjacent to an activating group) is 1. The van der Waals surface area contributed by atoms with Gasteiger partial charge in [-0.15, -0.1) is 11.8 Å². The third kappa shape index (κ3) is 4.48. The molecule has 6 heteroatoms. The zero-order chi connectivity index (χ0) is 16.1. The summed E-state index contributed by atoms with van der Waals surface area (Å²) in [6.07, 6.45) is 0. The van der Waals surface area contributed by atoms with Gasteiger partial charge in [-0.2, -0.15) is 0 Å². The van der Waals surface area contributed by atoms with Gasteiger partial charge in [-0.05, 0) is 26.6 Å². The molecule has 2 rings (SSSR count). The summed E-state index contributed by atoms with van der Waals surface area (Å²) in [6.45, 7) is 3.53. The molecule has 0 saturated carbocycles. The Morgan fingerprint density at radius 3 is 2.91 bits per heavy atom. The molecule has 1 aromatic carbocycles. The van der Waals surface area contributed by atoms with E-state index < -0.39 is 0 Å². The molecule has 0 unspecified atom stereocenters. The number of carbonyl (C=O) groups excluding carboxylic acids is 2. The van der Waals surface area contributed by atoms with Crippen LogP contribution >= 0.6 is 11.8 Å². The molecule has 1 saturated heterocycles. The Morgan fingerprint density at radius 2 is 2.23 bits per heavy atom. The fourth-order valence-electron chi connectivity index (χ4n) is 2.35. The topological polar surface area (TPSA) is 52.7 Å². The van der Waals surface area contributed by atoms with Crippen molar-refractivity contribution in [2.75, 3.05) is 39.5 Å². The lowest BCUT2D eigenvalue weighted by Gasteiger charge is -2.24. The molecule has 1 aliphatic rings. The van der Waals surface area contributed by atoms with Crippen molar-refractivity contribution in [1.82, 2.24) is 15.1 Å². The van der Waals surface area contributed by atoms with Crippen molar-refractivity contribution >= 4 is 23.6 Å². The Hall–Kier alpha value is -1.53. The van der Waals surface area contributed by atoms with E-state index in [1.807, 2.05) is 44.1 Å². The number of hydrogen-bond donors (Lipinski definition) is 1. The van der Waals surface area contributed by atoms with Crippen molar-refractivity contribution in [3.05, 3.63) is 35.4 Å². The minimum atomic E-state index is -0.102. The van der Waals surface area contributed by atoms with E-state index in [1.54, 1.807) is 16.7 Å². The number of carbonyl (C=O) groups is 2. The lowest BCUT2D eigenvalue weighted by molar-refractivity contribution is -0.133. The lowest BCUT2D eigenvalue weighted by Crippen LogP contribution is -2.41. The van der Waals surface area contributed by atoms with Crippen molar-refractivity contribution in [2.45, 2.75) is 12.3 Å². The average Bonchev–Trinajstić information content (AvgIpc) is 2.80. The van der Waals surface area contributed by atoms with Crippen LogP contribution in [0.5, 0.6) is 0 Å². The summed E-state index contributed by atoms with van der Waals surface area (Å²) < 4.78 is 0. The lowest BCUT2D eigenvalue weighted by atomic mass is 10.1. The van der Waals surface area contributed by atoms with Gasteiger partial charge in [0.25, 0.3) is 0 Å². The molecule has 1 heterocycles. The van der Waals surface area contributed by atoms with E-state index in [9.17, 15) is 9.59 Å². The zero-order valence-electron chi connectivity index (χ0n) is 13.3. The molecular formula is C16H23N3O2S. The maximum atomic E-state index is 12.1. The highest BCUT2D eigenvalue weighted by Crippen LogP contribution is 2.38. The number of amides is 2. The van der Waals surface area contributed by atoms with Crippen LogP contribution in [0.2, 0.25) is 0 Å². The highest BCUT2D eigenvalue weighted by atomic mass is 32.2. The van der Waals surface area contributed by atoms with Crippen molar-refractivity contribution in [2.24, 2.45) is 0 Å². The summed E-state index contributed by atoms with van der Waals surface area (Å²) in [7, 11) is 3.92. The number of hydrogen-bond acceptors (Lipinski definition) is 4. The van der Waals surface area contributed by atoms with E-state index >= 15 is 0 Å².